The molecule has 27 heavy (non-hydrogen) atoms. The first kappa shape index (κ1) is 23.6. The van der Waals surface area contributed by atoms with Crippen LogP contribution in [0.25, 0.3) is 0 Å². The molecule has 1 rings (SSSR count). The van der Waals surface area contributed by atoms with Crippen molar-refractivity contribution in [2.45, 2.75) is 55.1 Å². The molecule has 0 aromatic carbocycles. The van der Waals surface area contributed by atoms with Crippen molar-refractivity contribution < 1.29 is 66.6 Å². The lowest BCUT2D eigenvalue weighted by atomic mass is 9.87. The van der Waals surface area contributed by atoms with E-state index in [9.17, 15) is 61.9 Å². The molecule has 15 heteroatoms. The highest BCUT2D eigenvalue weighted by atomic mass is 19.4. The van der Waals surface area contributed by atoms with Gasteiger partial charge < -0.3 is 4.74 Å². The van der Waals surface area contributed by atoms with E-state index in [4.69, 9.17) is 0 Å². The molecule has 160 valence electrons. The Morgan fingerprint density at radius 3 is 1.59 bits per heavy atom. The highest BCUT2D eigenvalue weighted by Crippen LogP contribution is 2.61. The van der Waals surface area contributed by atoms with Crippen molar-refractivity contribution in [2.24, 2.45) is 5.92 Å². The smallest absolute Gasteiger partial charge is 0.460 e. The zero-order valence-electron chi connectivity index (χ0n) is 12.6. The predicted molar refractivity (Wildman–Crippen MR) is 59.1 cm³/mol. The van der Waals surface area contributed by atoms with Gasteiger partial charge in [-0.3, -0.25) is 4.79 Å². The summed E-state index contributed by atoms with van der Waals surface area (Å²) in [4.78, 5) is 11.1. The van der Waals surface area contributed by atoms with Crippen LogP contribution >= 0.6 is 0 Å². The first-order chi connectivity index (χ1) is 11.7. The highest BCUT2D eigenvalue weighted by Gasteiger charge is 2.90. The standard InChI is InChI=1S/C12H9F13O2/c13-7(14,4-5-2-1-3-27-6(5)26)8(15,16)9(17,18)10(19,20)11(21,22)12(23,24)25/h5H,1-4H2. The second-order valence-electron chi connectivity index (χ2n) is 5.71. The number of hydrogen-bond donors (Lipinski definition) is 0. The van der Waals surface area contributed by atoms with E-state index in [0.29, 0.717) is 0 Å². The van der Waals surface area contributed by atoms with Crippen molar-refractivity contribution in [3.63, 3.8) is 0 Å². The van der Waals surface area contributed by atoms with Crippen molar-refractivity contribution >= 4 is 5.97 Å². The van der Waals surface area contributed by atoms with Gasteiger partial charge in [-0.1, -0.05) is 0 Å². The zero-order valence-corrected chi connectivity index (χ0v) is 12.6. The molecule has 0 aromatic heterocycles. The Hall–Kier alpha value is -1.44. The summed E-state index contributed by atoms with van der Waals surface area (Å²) in [7, 11) is 0. The largest absolute Gasteiger partial charge is 0.465 e. The molecule has 1 saturated heterocycles. The lowest BCUT2D eigenvalue weighted by Gasteiger charge is -2.40. The molecule has 0 bridgehead atoms. The lowest BCUT2D eigenvalue weighted by molar-refractivity contribution is -0.440. The molecule has 1 aliphatic rings. The topological polar surface area (TPSA) is 26.3 Å². The summed E-state index contributed by atoms with van der Waals surface area (Å²) in [5.74, 6) is -40.9. The fourth-order valence-corrected chi connectivity index (χ4v) is 2.16. The molecule has 1 aliphatic heterocycles. The Kier molecular flexibility index (Phi) is 5.74. The quantitative estimate of drug-likeness (QED) is 0.433. The average molecular weight is 432 g/mol. The van der Waals surface area contributed by atoms with Gasteiger partial charge in [-0.25, -0.2) is 0 Å². The van der Waals surface area contributed by atoms with Crippen LogP contribution in [0.2, 0.25) is 0 Å². The van der Waals surface area contributed by atoms with E-state index in [1.165, 1.54) is 0 Å². The van der Waals surface area contributed by atoms with E-state index < -0.39 is 60.5 Å². The second kappa shape index (κ2) is 6.57. The van der Waals surface area contributed by atoms with Gasteiger partial charge in [0.15, 0.2) is 0 Å². The van der Waals surface area contributed by atoms with Gasteiger partial charge >= 0.3 is 41.8 Å². The number of carbonyl (C=O) groups is 1. The molecule has 0 radical (unpaired) electrons. The van der Waals surface area contributed by atoms with Gasteiger partial charge in [-0.05, 0) is 12.8 Å². The van der Waals surface area contributed by atoms with E-state index in [0.717, 1.165) is 0 Å². The Labute approximate surface area is 141 Å². The van der Waals surface area contributed by atoms with Gasteiger partial charge in [0.05, 0.1) is 12.5 Å². The normalized spacial score (nSPS) is 21.2. The minimum absolute atomic E-state index is 0.184. The molecular formula is C12H9F13O2. The molecule has 0 amide bonds. The first-order valence-electron chi connectivity index (χ1n) is 6.86. The van der Waals surface area contributed by atoms with Crippen LogP contribution in [0.15, 0.2) is 0 Å². The minimum Gasteiger partial charge on any atom is -0.465 e. The predicted octanol–water partition coefficient (Wildman–Crippen LogP) is 5.07. The second-order valence-corrected chi connectivity index (χ2v) is 5.71. The Morgan fingerprint density at radius 2 is 1.19 bits per heavy atom. The van der Waals surface area contributed by atoms with E-state index in [2.05, 4.69) is 4.74 Å². The van der Waals surface area contributed by atoms with Gasteiger partial charge in [0.25, 0.3) is 0 Å². The number of ether oxygens (including phenoxy) is 1. The number of rotatable bonds is 6. The molecule has 0 saturated carbocycles. The Morgan fingerprint density at radius 1 is 0.741 bits per heavy atom. The van der Waals surface area contributed by atoms with Gasteiger partial charge in [-0.2, -0.15) is 57.1 Å². The van der Waals surface area contributed by atoms with Crippen LogP contribution in [0.5, 0.6) is 0 Å². The van der Waals surface area contributed by atoms with Crippen LogP contribution in [-0.4, -0.2) is 48.4 Å². The average Bonchev–Trinajstić information content (AvgIpc) is 2.47. The molecule has 1 fully saturated rings. The van der Waals surface area contributed by atoms with Crippen LogP contribution in [0.1, 0.15) is 19.3 Å². The number of hydrogen-bond acceptors (Lipinski definition) is 2. The van der Waals surface area contributed by atoms with E-state index in [1.54, 1.807) is 0 Å². The summed E-state index contributed by atoms with van der Waals surface area (Å²) in [6.45, 7) is -0.330. The van der Waals surface area contributed by atoms with Crippen LogP contribution < -0.4 is 0 Å². The van der Waals surface area contributed by atoms with Gasteiger partial charge in [-0.15, -0.1) is 0 Å². The summed E-state index contributed by atoms with van der Waals surface area (Å²) < 4.78 is 172. The number of alkyl halides is 13. The van der Waals surface area contributed by atoms with Crippen molar-refractivity contribution in [1.82, 2.24) is 0 Å². The summed E-state index contributed by atoms with van der Waals surface area (Å²) >= 11 is 0. The first-order valence-corrected chi connectivity index (χ1v) is 6.86. The molecule has 0 aliphatic carbocycles. The number of carbonyl (C=O) groups excluding carboxylic acids is 1. The monoisotopic (exact) mass is 432 g/mol. The van der Waals surface area contributed by atoms with Gasteiger partial charge in [0, 0.05) is 6.42 Å². The molecule has 1 atom stereocenters. The van der Waals surface area contributed by atoms with Crippen molar-refractivity contribution in [3.05, 3.63) is 0 Å². The molecule has 0 aromatic rings. The highest BCUT2D eigenvalue weighted by molar-refractivity contribution is 5.73. The third kappa shape index (κ3) is 3.52. The van der Waals surface area contributed by atoms with Crippen LogP contribution in [0.3, 0.4) is 0 Å². The van der Waals surface area contributed by atoms with E-state index in [1.807, 2.05) is 0 Å². The summed E-state index contributed by atoms with van der Waals surface area (Å²) in [5, 5.41) is 0. The van der Waals surface area contributed by atoms with Crippen LogP contribution in [0, 0.1) is 5.92 Å². The van der Waals surface area contributed by atoms with Gasteiger partial charge in [0.1, 0.15) is 0 Å². The van der Waals surface area contributed by atoms with Crippen molar-refractivity contribution in [2.75, 3.05) is 6.61 Å². The summed E-state index contributed by atoms with van der Waals surface area (Å²) in [6.07, 6.45) is -10.8. The molecule has 1 heterocycles. The SMILES string of the molecule is O=C1OCCCC1CC(F)(F)C(F)(F)C(F)(F)C(F)(F)C(F)(F)C(F)(F)F. The maximum absolute atomic E-state index is 13.6. The molecule has 2 nitrogen and oxygen atoms in total. The van der Waals surface area contributed by atoms with E-state index in [-0.39, 0.29) is 13.0 Å². The molecule has 0 N–H and O–H groups in total. The maximum atomic E-state index is 13.6. The third-order valence-electron chi connectivity index (χ3n) is 3.78. The Balaban J connectivity index is 3.30. The molecule has 0 spiro atoms. The van der Waals surface area contributed by atoms with Crippen LogP contribution in [-0.2, 0) is 9.53 Å². The fourth-order valence-electron chi connectivity index (χ4n) is 2.16. The van der Waals surface area contributed by atoms with E-state index >= 15 is 0 Å². The zero-order chi connectivity index (χ0) is 21.7. The third-order valence-corrected chi connectivity index (χ3v) is 3.78. The maximum Gasteiger partial charge on any atom is 0.460 e. The summed E-state index contributed by atoms with van der Waals surface area (Å²) in [5.41, 5.74) is 0. The van der Waals surface area contributed by atoms with Crippen molar-refractivity contribution in [3.8, 4) is 0 Å². The number of cyclic esters (lactones) is 1. The molecule has 1 unspecified atom stereocenters. The fraction of sp³-hybridized carbons (Fsp3) is 0.917. The lowest BCUT2D eigenvalue weighted by Crippen LogP contribution is -2.70. The molecular weight excluding hydrogens is 423 g/mol. The Bertz CT molecular complexity index is 566. The number of halogens is 13. The van der Waals surface area contributed by atoms with Crippen LogP contribution in [0.4, 0.5) is 57.1 Å². The minimum atomic E-state index is -7.93. The summed E-state index contributed by atoms with van der Waals surface area (Å²) in [6, 6.07) is 0. The van der Waals surface area contributed by atoms with Gasteiger partial charge in [0.2, 0.25) is 0 Å². The number of esters is 1. The van der Waals surface area contributed by atoms with Crippen molar-refractivity contribution in [1.29, 1.82) is 0 Å².